The number of nitrogens with zero attached hydrogens (tertiary/aromatic N) is 4. The van der Waals surface area contributed by atoms with Crippen molar-refractivity contribution in [3.8, 4) is 5.88 Å². The largest absolute Gasteiger partial charge is 0.480 e. The number of thiophene rings is 1. The fourth-order valence-electron chi connectivity index (χ4n) is 2.32. The molecule has 0 bridgehead atoms. The van der Waals surface area contributed by atoms with Crippen molar-refractivity contribution < 1.29 is 13.2 Å². The molecule has 9 heteroatoms. The zero-order chi connectivity index (χ0) is 16.0. The van der Waals surface area contributed by atoms with Crippen molar-refractivity contribution in [1.29, 1.82) is 0 Å². The van der Waals surface area contributed by atoms with Crippen LogP contribution in [-0.4, -0.2) is 35.3 Å². The molecular formula is C14H10N4O3S2. The van der Waals surface area contributed by atoms with E-state index in [1.54, 1.807) is 18.2 Å². The van der Waals surface area contributed by atoms with Gasteiger partial charge in [0.05, 0.1) is 17.5 Å². The van der Waals surface area contributed by atoms with Crippen LogP contribution in [0.25, 0.3) is 15.9 Å². The van der Waals surface area contributed by atoms with Gasteiger partial charge in [0.25, 0.3) is 0 Å². The Morgan fingerprint density at radius 1 is 1.17 bits per heavy atom. The van der Waals surface area contributed by atoms with Gasteiger partial charge < -0.3 is 4.74 Å². The Morgan fingerprint density at radius 3 is 2.70 bits per heavy atom. The van der Waals surface area contributed by atoms with E-state index in [4.69, 9.17) is 4.74 Å². The van der Waals surface area contributed by atoms with Crippen LogP contribution in [0.2, 0.25) is 0 Å². The maximum Gasteiger partial charge on any atom is 0.235 e. The van der Waals surface area contributed by atoms with Gasteiger partial charge >= 0.3 is 0 Å². The van der Waals surface area contributed by atoms with E-state index in [0.717, 1.165) is 4.70 Å². The number of fused-ring (bicyclic) bond motifs is 3. The summed E-state index contributed by atoms with van der Waals surface area (Å²) in [5, 5.41) is 9.50. The first-order valence-electron chi connectivity index (χ1n) is 6.59. The Bertz CT molecular complexity index is 1120. The molecule has 0 radical (unpaired) electrons. The summed E-state index contributed by atoms with van der Waals surface area (Å²) < 4.78 is 33.1. The van der Waals surface area contributed by atoms with Gasteiger partial charge in [-0.25, -0.2) is 8.42 Å². The van der Waals surface area contributed by atoms with E-state index in [0.29, 0.717) is 11.4 Å². The molecule has 0 saturated carbocycles. The molecule has 3 aromatic heterocycles. The average Bonchev–Trinajstić information content (AvgIpc) is 3.21. The second-order valence-corrected chi connectivity index (χ2v) is 7.48. The summed E-state index contributed by atoms with van der Waals surface area (Å²) in [5.41, 5.74) is 0.857. The number of ether oxygens (including phenoxy) is 1. The van der Waals surface area contributed by atoms with Crippen molar-refractivity contribution in [2.75, 3.05) is 7.11 Å². The van der Waals surface area contributed by atoms with Gasteiger partial charge in [0, 0.05) is 0 Å². The predicted octanol–water partition coefficient (Wildman–Crippen LogP) is 2.18. The number of benzene rings is 1. The van der Waals surface area contributed by atoms with Gasteiger partial charge in [-0.1, -0.05) is 23.4 Å². The first-order valence-corrected chi connectivity index (χ1v) is 8.96. The predicted molar refractivity (Wildman–Crippen MR) is 84.6 cm³/mol. The molecule has 0 amide bonds. The molecule has 0 aliphatic carbocycles. The van der Waals surface area contributed by atoms with Crippen molar-refractivity contribution >= 4 is 37.0 Å². The highest BCUT2D eigenvalue weighted by Crippen LogP contribution is 2.31. The standard InChI is InChI=1S/C14H10N4O3S2/c1-21-13-11-10(7-8-22-11)18-12(15-13)14(16-17-18)23(19,20)9-5-3-2-4-6-9/h2-8H,1H3. The molecule has 116 valence electrons. The molecule has 0 spiro atoms. The fourth-order valence-corrected chi connectivity index (χ4v) is 4.41. The number of methoxy groups -OCH3 is 1. The minimum absolute atomic E-state index is 0.147. The van der Waals surface area contributed by atoms with Crippen LogP contribution in [-0.2, 0) is 9.84 Å². The summed E-state index contributed by atoms with van der Waals surface area (Å²) in [4.78, 5) is 4.44. The van der Waals surface area contributed by atoms with Crippen molar-refractivity contribution in [3.05, 3.63) is 41.8 Å². The number of hydrogen-bond acceptors (Lipinski definition) is 7. The number of rotatable bonds is 3. The van der Waals surface area contributed by atoms with Gasteiger partial charge in [0.2, 0.25) is 20.7 Å². The van der Waals surface area contributed by atoms with Crippen molar-refractivity contribution in [2.45, 2.75) is 9.92 Å². The normalized spacial score (nSPS) is 12.0. The van der Waals surface area contributed by atoms with E-state index in [9.17, 15) is 8.42 Å². The van der Waals surface area contributed by atoms with E-state index in [1.807, 2.05) is 11.4 Å². The van der Waals surface area contributed by atoms with Gasteiger partial charge in [-0.15, -0.1) is 16.4 Å². The monoisotopic (exact) mass is 346 g/mol. The van der Waals surface area contributed by atoms with Crippen LogP contribution < -0.4 is 4.74 Å². The molecular weight excluding hydrogens is 336 g/mol. The summed E-state index contributed by atoms with van der Waals surface area (Å²) in [6.45, 7) is 0. The lowest BCUT2D eigenvalue weighted by Crippen LogP contribution is -2.04. The van der Waals surface area contributed by atoms with Gasteiger partial charge in [-0.3, -0.25) is 0 Å². The molecule has 1 aromatic carbocycles. The fraction of sp³-hybridized carbons (Fsp3) is 0.0714. The summed E-state index contributed by atoms with van der Waals surface area (Å²) in [6, 6.07) is 9.92. The lowest BCUT2D eigenvalue weighted by atomic mass is 10.4. The van der Waals surface area contributed by atoms with E-state index < -0.39 is 9.84 Å². The molecule has 0 aliphatic heterocycles. The molecule has 0 N–H and O–H groups in total. The highest BCUT2D eigenvalue weighted by molar-refractivity contribution is 7.91. The molecule has 0 aliphatic rings. The molecule has 0 unspecified atom stereocenters. The van der Waals surface area contributed by atoms with E-state index in [-0.39, 0.29) is 15.6 Å². The molecule has 3 heterocycles. The third-order valence-electron chi connectivity index (χ3n) is 3.39. The molecule has 0 atom stereocenters. The van der Waals surface area contributed by atoms with Gasteiger partial charge in [0.1, 0.15) is 4.70 Å². The third kappa shape index (κ3) is 2.01. The number of sulfone groups is 1. The quantitative estimate of drug-likeness (QED) is 0.565. The third-order valence-corrected chi connectivity index (χ3v) is 5.95. The molecule has 0 fully saturated rings. The lowest BCUT2D eigenvalue weighted by Gasteiger charge is -2.04. The Labute approximate surface area is 135 Å². The molecule has 4 aromatic rings. The maximum atomic E-state index is 12.8. The van der Waals surface area contributed by atoms with Crippen LogP contribution in [0.1, 0.15) is 0 Å². The van der Waals surface area contributed by atoms with Crippen LogP contribution in [0.15, 0.2) is 51.7 Å². The van der Waals surface area contributed by atoms with E-state index in [1.165, 1.54) is 35.1 Å². The maximum absolute atomic E-state index is 12.8. The number of hydrogen-bond donors (Lipinski definition) is 0. The van der Waals surface area contributed by atoms with Crippen molar-refractivity contribution in [1.82, 2.24) is 19.8 Å². The van der Waals surface area contributed by atoms with Crippen LogP contribution >= 0.6 is 11.3 Å². The average molecular weight is 346 g/mol. The highest BCUT2D eigenvalue weighted by Gasteiger charge is 2.27. The summed E-state index contributed by atoms with van der Waals surface area (Å²) in [5.74, 6) is 0.356. The van der Waals surface area contributed by atoms with Gasteiger partial charge in [-0.2, -0.15) is 9.50 Å². The summed E-state index contributed by atoms with van der Waals surface area (Å²) in [7, 11) is -2.31. The van der Waals surface area contributed by atoms with Crippen molar-refractivity contribution in [2.24, 2.45) is 0 Å². The minimum atomic E-state index is -3.81. The Balaban J connectivity index is 2.06. The van der Waals surface area contributed by atoms with E-state index >= 15 is 0 Å². The summed E-state index contributed by atoms with van der Waals surface area (Å²) in [6.07, 6.45) is 0. The molecule has 23 heavy (non-hydrogen) atoms. The Hall–Kier alpha value is -2.52. The van der Waals surface area contributed by atoms with Gasteiger partial charge in [0.15, 0.2) is 5.65 Å². The first-order chi connectivity index (χ1) is 11.1. The Kier molecular flexibility index (Phi) is 3.06. The zero-order valence-electron chi connectivity index (χ0n) is 11.9. The SMILES string of the molecule is COc1nc2c(S(=O)(=O)c3ccccc3)nnn2c2ccsc12. The van der Waals surface area contributed by atoms with E-state index in [2.05, 4.69) is 15.3 Å². The van der Waals surface area contributed by atoms with Crippen LogP contribution in [0.4, 0.5) is 0 Å². The highest BCUT2D eigenvalue weighted by atomic mass is 32.2. The van der Waals surface area contributed by atoms with Gasteiger partial charge in [-0.05, 0) is 23.6 Å². The van der Waals surface area contributed by atoms with Crippen LogP contribution in [0.3, 0.4) is 0 Å². The zero-order valence-corrected chi connectivity index (χ0v) is 13.5. The lowest BCUT2D eigenvalue weighted by molar-refractivity contribution is 0.404. The van der Waals surface area contributed by atoms with Crippen LogP contribution in [0.5, 0.6) is 5.88 Å². The van der Waals surface area contributed by atoms with Crippen LogP contribution in [0, 0.1) is 0 Å². The number of aromatic nitrogens is 4. The first kappa shape index (κ1) is 14.1. The molecule has 4 rings (SSSR count). The second kappa shape index (κ2) is 5.00. The summed E-state index contributed by atoms with van der Waals surface area (Å²) >= 11 is 1.44. The minimum Gasteiger partial charge on any atom is -0.480 e. The Morgan fingerprint density at radius 2 is 1.96 bits per heavy atom. The van der Waals surface area contributed by atoms with Crippen molar-refractivity contribution in [3.63, 3.8) is 0 Å². The molecule has 0 saturated heterocycles. The second-order valence-electron chi connectivity index (χ2n) is 4.70. The topological polar surface area (TPSA) is 86.5 Å². The molecule has 7 nitrogen and oxygen atoms in total. The smallest absolute Gasteiger partial charge is 0.235 e.